The molecule has 2 aliphatic rings. The minimum absolute atomic E-state index is 0.0843. The van der Waals surface area contributed by atoms with Crippen LogP contribution in [0.1, 0.15) is 53.8 Å². The number of thiophene rings is 1. The van der Waals surface area contributed by atoms with E-state index in [9.17, 15) is 4.79 Å². The van der Waals surface area contributed by atoms with Gasteiger partial charge in [0.2, 0.25) is 0 Å². The summed E-state index contributed by atoms with van der Waals surface area (Å²) in [7, 11) is 0. The number of rotatable bonds is 2. The van der Waals surface area contributed by atoms with Crippen LogP contribution in [-0.2, 0) is 0 Å². The molecule has 21 heavy (non-hydrogen) atoms. The molecule has 1 amide bonds. The van der Waals surface area contributed by atoms with Crippen molar-refractivity contribution in [1.82, 2.24) is 4.90 Å². The molecule has 1 aromatic heterocycles. The second kappa shape index (κ2) is 6.64. The molecule has 1 N–H and O–H groups in total. The van der Waals surface area contributed by atoms with Gasteiger partial charge in [-0.25, -0.2) is 0 Å². The fourth-order valence-corrected chi connectivity index (χ4v) is 4.29. The van der Waals surface area contributed by atoms with Gasteiger partial charge in [-0.15, -0.1) is 11.3 Å². The first-order valence-electron chi connectivity index (χ1n) is 7.79. The van der Waals surface area contributed by atoms with E-state index in [0.717, 1.165) is 22.9 Å². The van der Waals surface area contributed by atoms with Gasteiger partial charge in [0.05, 0.1) is 17.0 Å². The van der Waals surface area contributed by atoms with Crippen LogP contribution >= 0.6 is 11.3 Å². The highest BCUT2D eigenvalue weighted by Gasteiger charge is 2.38. The van der Waals surface area contributed by atoms with Crippen LogP contribution in [0.15, 0.2) is 11.4 Å². The summed E-state index contributed by atoms with van der Waals surface area (Å²) in [4.78, 5) is 15.7. The number of likely N-dealkylation sites (tertiary alicyclic amines) is 1. The number of amides is 1. The summed E-state index contributed by atoms with van der Waals surface area (Å²) >= 11 is 1.51. The van der Waals surface area contributed by atoms with E-state index in [2.05, 4.69) is 16.7 Å². The fourth-order valence-electron chi connectivity index (χ4n) is 3.54. The van der Waals surface area contributed by atoms with Crippen molar-refractivity contribution in [1.29, 1.82) is 0 Å². The van der Waals surface area contributed by atoms with Crippen molar-refractivity contribution in [2.24, 2.45) is 5.92 Å². The van der Waals surface area contributed by atoms with Crippen molar-refractivity contribution in [3.05, 3.63) is 21.9 Å². The lowest BCUT2D eigenvalue weighted by Crippen LogP contribution is -2.39. The molecular weight excluding hydrogens is 282 g/mol. The third-order valence-corrected chi connectivity index (χ3v) is 5.41. The van der Waals surface area contributed by atoms with Crippen molar-refractivity contribution in [2.45, 2.75) is 44.6 Å². The van der Waals surface area contributed by atoms with Gasteiger partial charge < -0.3 is 10.0 Å². The van der Waals surface area contributed by atoms with Gasteiger partial charge >= 0.3 is 0 Å². The number of aliphatic hydroxyl groups is 1. The Morgan fingerprint density at radius 2 is 2.24 bits per heavy atom. The molecule has 1 aliphatic heterocycles. The van der Waals surface area contributed by atoms with Crippen LogP contribution in [0, 0.1) is 17.8 Å². The highest BCUT2D eigenvalue weighted by atomic mass is 32.1. The first-order chi connectivity index (χ1) is 10.3. The van der Waals surface area contributed by atoms with Gasteiger partial charge in [-0.05, 0) is 31.2 Å². The lowest BCUT2D eigenvalue weighted by atomic mass is 9.85. The number of nitrogens with zero attached hydrogens (tertiary/aromatic N) is 1. The summed E-state index contributed by atoms with van der Waals surface area (Å²) < 4.78 is 0. The Bertz CT molecular complexity index is 569. The molecule has 3 nitrogen and oxygen atoms in total. The standard InChI is InChI=1S/C17H21NO2S/c19-10-4-3-6-15-11-14(12-21-15)17(20)18-9-8-13-5-1-2-7-16(13)18/h11-13,16,19H,1-2,4-5,7-10H2. The van der Waals surface area contributed by atoms with Gasteiger partial charge in [-0.2, -0.15) is 0 Å². The monoisotopic (exact) mass is 303 g/mol. The summed E-state index contributed by atoms with van der Waals surface area (Å²) in [5.74, 6) is 6.81. The van der Waals surface area contributed by atoms with E-state index in [1.807, 2.05) is 11.4 Å². The SMILES string of the molecule is O=C(c1csc(C#CCCO)c1)N1CCC2CCCCC21. The topological polar surface area (TPSA) is 40.5 Å². The number of hydrogen-bond acceptors (Lipinski definition) is 3. The molecule has 112 valence electrons. The van der Waals surface area contributed by atoms with Gasteiger partial charge in [0, 0.05) is 24.4 Å². The maximum Gasteiger partial charge on any atom is 0.255 e. The molecule has 1 saturated heterocycles. The molecule has 1 aliphatic carbocycles. The molecule has 1 aromatic rings. The predicted molar refractivity (Wildman–Crippen MR) is 84.3 cm³/mol. The van der Waals surface area contributed by atoms with Crippen LogP contribution < -0.4 is 0 Å². The average molecular weight is 303 g/mol. The molecule has 2 unspecified atom stereocenters. The molecule has 2 fully saturated rings. The van der Waals surface area contributed by atoms with E-state index in [1.165, 1.54) is 43.4 Å². The van der Waals surface area contributed by atoms with Gasteiger partial charge in [0.1, 0.15) is 0 Å². The molecule has 0 radical (unpaired) electrons. The Kier molecular flexibility index (Phi) is 4.62. The van der Waals surface area contributed by atoms with Crippen molar-refractivity contribution in [3.63, 3.8) is 0 Å². The largest absolute Gasteiger partial charge is 0.395 e. The van der Waals surface area contributed by atoms with E-state index in [4.69, 9.17) is 5.11 Å². The molecule has 1 saturated carbocycles. The lowest BCUT2D eigenvalue weighted by Gasteiger charge is -2.31. The van der Waals surface area contributed by atoms with E-state index in [1.54, 1.807) is 0 Å². The zero-order valence-corrected chi connectivity index (χ0v) is 13.0. The number of aliphatic hydroxyl groups excluding tert-OH is 1. The van der Waals surface area contributed by atoms with Gasteiger partial charge in [0.15, 0.2) is 0 Å². The molecule has 3 rings (SSSR count). The van der Waals surface area contributed by atoms with Crippen LogP contribution in [0.5, 0.6) is 0 Å². The highest BCUT2D eigenvalue weighted by molar-refractivity contribution is 7.10. The van der Waals surface area contributed by atoms with Crippen LogP contribution in [0.25, 0.3) is 0 Å². The summed E-state index contributed by atoms with van der Waals surface area (Å²) in [6, 6.07) is 2.36. The number of hydrogen-bond donors (Lipinski definition) is 1. The summed E-state index contributed by atoms with van der Waals surface area (Å²) in [6.07, 6.45) is 6.69. The van der Waals surface area contributed by atoms with E-state index in [0.29, 0.717) is 12.5 Å². The Morgan fingerprint density at radius 1 is 1.38 bits per heavy atom. The van der Waals surface area contributed by atoms with Crippen LogP contribution in [0.2, 0.25) is 0 Å². The van der Waals surface area contributed by atoms with E-state index >= 15 is 0 Å². The summed E-state index contributed by atoms with van der Waals surface area (Å²) in [6.45, 7) is 0.997. The minimum atomic E-state index is 0.0843. The number of carbonyl (C=O) groups is 1. The maximum atomic E-state index is 12.7. The second-order valence-corrected chi connectivity index (χ2v) is 6.79. The Hall–Kier alpha value is -1.31. The quantitative estimate of drug-likeness (QED) is 0.854. The maximum absolute atomic E-state index is 12.7. The molecule has 2 heterocycles. The Morgan fingerprint density at radius 3 is 3.10 bits per heavy atom. The van der Waals surface area contributed by atoms with Crippen LogP contribution in [-0.4, -0.2) is 35.1 Å². The second-order valence-electron chi connectivity index (χ2n) is 5.87. The zero-order valence-electron chi connectivity index (χ0n) is 12.2. The van der Waals surface area contributed by atoms with Gasteiger partial charge in [-0.3, -0.25) is 4.79 Å². The van der Waals surface area contributed by atoms with Gasteiger partial charge in [-0.1, -0.05) is 24.7 Å². The first kappa shape index (κ1) is 14.6. The van der Waals surface area contributed by atoms with Crippen molar-refractivity contribution in [3.8, 4) is 11.8 Å². The normalized spacial score (nSPS) is 24.3. The van der Waals surface area contributed by atoms with Crippen molar-refractivity contribution in [2.75, 3.05) is 13.2 Å². The van der Waals surface area contributed by atoms with Crippen molar-refractivity contribution < 1.29 is 9.90 Å². The zero-order chi connectivity index (χ0) is 14.7. The summed E-state index contributed by atoms with van der Waals surface area (Å²) in [5, 5.41) is 10.6. The Balaban J connectivity index is 1.69. The molecule has 4 heteroatoms. The first-order valence-corrected chi connectivity index (χ1v) is 8.67. The smallest absolute Gasteiger partial charge is 0.255 e. The average Bonchev–Trinajstić information content (AvgIpc) is 3.14. The highest BCUT2D eigenvalue weighted by Crippen LogP contribution is 2.37. The molecular formula is C17H21NO2S. The molecule has 2 atom stereocenters. The molecule has 0 spiro atoms. The van der Waals surface area contributed by atoms with Crippen LogP contribution in [0.4, 0.5) is 0 Å². The van der Waals surface area contributed by atoms with E-state index in [-0.39, 0.29) is 12.5 Å². The molecule has 0 bridgehead atoms. The molecule has 0 aromatic carbocycles. The predicted octanol–water partition coefficient (Wildman–Crippen LogP) is 2.89. The lowest BCUT2D eigenvalue weighted by molar-refractivity contribution is 0.0690. The summed E-state index contributed by atoms with van der Waals surface area (Å²) in [5.41, 5.74) is 0.777. The number of carbonyl (C=O) groups excluding carboxylic acids is 1. The fraction of sp³-hybridized carbons (Fsp3) is 0.588. The van der Waals surface area contributed by atoms with Crippen LogP contribution in [0.3, 0.4) is 0 Å². The third kappa shape index (κ3) is 3.14. The van der Waals surface area contributed by atoms with Crippen molar-refractivity contribution >= 4 is 17.2 Å². The number of fused-ring (bicyclic) bond motifs is 1. The third-order valence-electron chi connectivity index (χ3n) is 4.57. The minimum Gasteiger partial charge on any atom is -0.395 e. The van der Waals surface area contributed by atoms with Gasteiger partial charge in [0.25, 0.3) is 5.91 Å². The van der Waals surface area contributed by atoms with E-state index < -0.39 is 0 Å². The Labute approximate surface area is 130 Å².